The van der Waals surface area contributed by atoms with E-state index in [4.69, 9.17) is 4.74 Å². The van der Waals surface area contributed by atoms with E-state index in [0.717, 1.165) is 30.6 Å². The lowest BCUT2D eigenvalue weighted by atomic mass is 9.96. The van der Waals surface area contributed by atoms with Crippen molar-refractivity contribution in [3.05, 3.63) is 41.8 Å². The summed E-state index contributed by atoms with van der Waals surface area (Å²) in [5.41, 5.74) is 1.13. The average Bonchev–Trinajstić information content (AvgIpc) is 3.46. The highest BCUT2D eigenvalue weighted by Gasteiger charge is 2.29. The van der Waals surface area contributed by atoms with Crippen LogP contribution < -0.4 is 14.5 Å². The van der Waals surface area contributed by atoms with E-state index in [2.05, 4.69) is 21.8 Å². The predicted octanol–water partition coefficient (Wildman–Crippen LogP) is 4.73. The number of nitrogens with zero attached hydrogens (tertiary/aromatic N) is 4. The van der Waals surface area contributed by atoms with Gasteiger partial charge in [0.15, 0.2) is 11.6 Å². The monoisotopic (exact) mass is 440 g/mol. The van der Waals surface area contributed by atoms with Crippen LogP contribution in [0.2, 0.25) is 0 Å². The molecule has 1 saturated heterocycles. The SMILES string of the molecule is CC(=O)C[C@@H](C)c1ccc(O[C@@H]2CCN(c3nc(N(C)C4CCCC4)ncc3F)C2)cc1. The molecule has 2 aliphatic rings. The van der Waals surface area contributed by atoms with Crippen LogP contribution in [0.25, 0.3) is 0 Å². The number of carbonyl (C=O) groups is 1. The maximum atomic E-state index is 14.6. The third kappa shape index (κ3) is 5.19. The Morgan fingerprint density at radius 1 is 1.25 bits per heavy atom. The fourth-order valence-corrected chi connectivity index (χ4v) is 4.83. The number of halogens is 1. The molecule has 1 aliphatic heterocycles. The molecule has 2 atom stereocenters. The third-order valence-electron chi connectivity index (χ3n) is 6.69. The number of hydrogen-bond acceptors (Lipinski definition) is 6. The minimum Gasteiger partial charge on any atom is -0.489 e. The van der Waals surface area contributed by atoms with E-state index in [0.29, 0.717) is 37.3 Å². The lowest BCUT2D eigenvalue weighted by Crippen LogP contribution is -2.32. The number of anilines is 2. The first-order chi connectivity index (χ1) is 15.4. The molecule has 7 heteroatoms. The highest BCUT2D eigenvalue weighted by atomic mass is 19.1. The molecule has 1 aromatic heterocycles. The molecule has 0 spiro atoms. The molecule has 0 N–H and O–H groups in total. The molecular formula is C25H33FN4O2. The molecule has 32 heavy (non-hydrogen) atoms. The van der Waals surface area contributed by atoms with Crippen LogP contribution in [-0.4, -0.2) is 48.0 Å². The molecule has 1 saturated carbocycles. The molecule has 2 aromatic rings. The fourth-order valence-electron chi connectivity index (χ4n) is 4.83. The minimum absolute atomic E-state index is 0.0270. The van der Waals surface area contributed by atoms with Crippen LogP contribution in [0, 0.1) is 5.82 Å². The Bertz CT molecular complexity index is 930. The summed E-state index contributed by atoms with van der Waals surface area (Å²) in [6.45, 7) is 4.96. The van der Waals surface area contributed by atoms with Crippen molar-refractivity contribution in [3.63, 3.8) is 0 Å². The van der Waals surface area contributed by atoms with Crippen molar-refractivity contribution in [2.45, 2.75) is 70.4 Å². The quantitative estimate of drug-likeness (QED) is 0.591. The summed E-state index contributed by atoms with van der Waals surface area (Å²) in [6.07, 6.45) is 7.34. The molecule has 0 amide bonds. The van der Waals surface area contributed by atoms with Crippen molar-refractivity contribution < 1.29 is 13.9 Å². The first kappa shape index (κ1) is 22.5. The molecule has 4 rings (SSSR count). The van der Waals surface area contributed by atoms with E-state index < -0.39 is 5.82 Å². The average molecular weight is 441 g/mol. The van der Waals surface area contributed by atoms with E-state index in [-0.39, 0.29) is 17.8 Å². The van der Waals surface area contributed by atoms with E-state index in [1.807, 2.05) is 36.2 Å². The van der Waals surface area contributed by atoms with Gasteiger partial charge in [-0.1, -0.05) is 31.9 Å². The van der Waals surface area contributed by atoms with Gasteiger partial charge < -0.3 is 19.3 Å². The summed E-state index contributed by atoms with van der Waals surface area (Å²) < 4.78 is 20.7. The second-order valence-electron chi connectivity index (χ2n) is 9.24. The molecule has 2 fully saturated rings. The Morgan fingerprint density at radius 2 is 1.97 bits per heavy atom. The van der Waals surface area contributed by atoms with Gasteiger partial charge in [0, 0.05) is 32.5 Å². The van der Waals surface area contributed by atoms with Gasteiger partial charge in [0.2, 0.25) is 5.95 Å². The van der Waals surface area contributed by atoms with Gasteiger partial charge in [-0.05, 0) is 43.4 Å². The third-order valence-corrected chi connectivity index (χ3v) is 6.69. The molecule has 0 unspecified atom stereocenters. The smallest absolute Gasteiger partial charge is 0.227 e. The van der Waals surface area contributed by atoms with Crippen molar-refractivity contribution in [2.75, 3.05) is 29.9 Å². The number of benzene rings is 1. The van der Waals surface area contributed by atoms with E-state index >= 15 is 0 Å². The summed E-state index contributed by atoms with van der Waals surface area (Å²) in [4.78, 5) is 24.2. The van der Waals surface area contributed by atoms with Crippen molar-refractivity contribution in [1.82, 2.24) is 9.97 Å². The largest absolute Gasteiger partial charge is 0.489 e. The van der Waals surface area contributed by atoms with E-state index in [9.17, 15) is 9.18 Å². The Hall–Kier alpha value is -2.70. The molecule has 6 nitrogen and oxygen atoms in total. The van der Waals surface area contributed by atoms with Gasteiger partial charge in [-0.15, -0.1) is 0 Å². The van der Waals surface area contributed by atoms with E-state index in [1.54, 1.807) is 6.92 Å². The van der Waals surface area contributed by atoms with Gasteiger partial charge in [0.05, 0.1) is 12.7 Å². The van der Waals surface area contributed by atoms with Gasteiger partial charge in [0.1, 0.15) is 17.6 Å². The molecular weight excluding hydrogens is 407 g/mol. The van der Waals surface area contributed by atoms with Gasteiger partial charge >= 0.3 is 0 Å². The van der Waals surface area contributed by atoms with Crippen LogP contribution in [0.5, 0.6) is 5.75 Å². The van der Waals surface area contributed by atoms with Crippen LogP contribution in [-0.2, 0) is 4.79 Å². The minimum atomic E-state index is -0.391. The van der Waals surface area contributed by atoms with Crippen LogP contribution in [0.1, 0.15) is 63.9 Å². The Kier molecular flexibility index (Phi) is 6.92. The number of hydrogen-bond donors (Lipinski definition) is 0. The molecule has 1 aromatic carbocycles. The van der Waals surface area contributed by atoms with Gasteiger partial charge in [0.25, 0.3) is 0 Å². The van der Waals surface area contributed by atoms with Crippen LogP contribution in [0.4, 0.5) is 16.2 Å². The van der Waals surface area contributed by atoms with Crippen LogP contribution in [0.3, 0.4) is 0 Å². The second kappa shape index (κ2) is 9.84. The first-order valence-corrected chi connectivity index (χ1v) is 11.7. The van der Waals surface area contributed by atoms with Crippen LogP contribution in [0.15, 0.2) is 30.5 Å². The lowest BCUT2D eigenvalue weighted by Gasteiger charge is -2.26. The zero-order valence-corrected chi connectivity index (χ0v) is 19.3. The van der Waals surface area contributed by atoms with Crippen LogP contribution >= 0.6 is 0 Å². The summed E-state index contributed by atoms with van der Waals surface area (Å²) in [7, 11) is 2.00. The first-order valence-electron chi connectivity index (χ1n) is 11.7. The normalized spacial score (nSPS) is 19.9. The van der Waals surface area contributed by atoms with Crippen molar-refractivity contribution in [2.24, 2.45) is 0 Å². The molecule has 1 aliphatic carbocycles. The summed E-state index contributed by atoms with van der Waals surface area (Å²) in [6, 6.07) is 8.38. The van der Waals surface area contributed by atoms with E-state index in [1.165, 1.54) is 19.0 Å². The number of aromatic nitrogens is 2. The Labute approximate surface area is 189 Å². The number of carbonyl (C=O) groups excluding carboxylic acids is 1. The second-order valence-corrected chi connectivity index (χ2v) is 9.24. The topological polar surface area (TPSA) is 58.6 Å². The maximum absolute atomic E-state index is 14.6. The highest BCUT2D eigenvalue weighted by molar-refractivity contribution is 5.76. The lowest BCUT2D eigenvalue weighted by molar-refractivity contribution is -0.117. The number of ketones is 1. The highest BCUT2D eigenvalue weighted by Crippen LogP contribution is 2.29. The number of ether oxygens (including phenoxy) is 1. The fraction of sp³-hybridized carbons (Fsp3) is 0.560. The Morgan fingerprint density at radius 3 is 2.66 bits per heavy atom. The zero-order valence-electron chi connectivity index (χ0n) is 19.3. The molecule has 0 radical (unpaired) electrons. The summed E-state index contributed by atoms with van der Waals surface area (Å²) >= 11 is 0. The standard InChI is InChI=1S/C25H33FN4O2/c1-17(14-18(2)31)19-8-10-21(11-9-19)32-22-12-13-30(16-22)24-23(26)15-27-25(28-24)29(3)20-6-4-5-7-20/h8-11,15,17,20,22H,4-7,12-14,16H2,1-3H3/t17-,22-/m1/s1. The van der Waals surface area contributed by atoms with Crippen molar-refractivity contribution >= 4 is 17.5 Å². The van der Waals surface area contributed by atoms with Crippen molar-refractivity contribution in [1.29, 1.82) is 0 Å². The number of rotatable bonds is 8. The Balaban J connectivity index is 1.38. The molecule has 0 bridgehead atoms. The summed E-state index contributed by atoms with van der Waals surface area (Å²) in [5.74, 6) is 1.74. The molecule has 2 heterocycles. The zero-order chi connectivity index (χ0) is 22.7. The number of Topliss-reactive ketones (excluding diaryl/α,β-unsaturated/α-hetero) is 1. The predicted molar refractivity (Wildman–Crippen MR) is 124 cm³/mol. The summed E-state index contributed by atoms with van der Waals surface area (Å²) in [5, 5.41) is 0. The maximum Gasteiger partial charge on any atom is 0.227 e. The van der Waals surface area contributed by atoms with Gasteiger partial charge in [-0.2, -0.15) is 4.98 Å². The molecule has 172 valence electrons. The van der Waals surface area contributed by atoms with Crippen molar-refractivity contribution in [3.8, 4) is 5.75 Å². The van der Waals surface area contributed by atoms with Gasteiger partial charge in [-0.3, -0.25) is 0 Å². The van der Waals surface area contributed by atoms with Gasteiger partial charge in [-0.25, -0.2) is 9.37 Å².